The molecule has 2 heterocycles. The van der Waals surface area contributed by atoms with Crippen LogP contribution in [0.4, 0.5) is 0 Å². The molecule has 2 N–H and O–H groups in total. The lowest BCUT2D eigenvalue weighted by Crippen LogP contribution is -2.38. The van der Waals surface area contributed by atoms with Gasteiger partial charge in [-0.2, -0.15) is 10.2 Å². The second kappa shape index (κ2) is 9.21. The van der Waals surface area contributed by atoms with Crippen LogP contribution in [0.3, 0.4) is 0 Å². The number of aliphatic imine (C=N–C) groups is 1. The molecule has 7 heteroatoms. The molecule has 0 aliphatic heterocycles. The summed E-state index contributed by atoms with van der Waals surface area (Å²) in [5.74, 6) is 0.799. The molecule has 3 aromatic rings. The number of nitrogens with one attached hydrogen (secondary N) is 2. The maximum absolute atomic E-state index is 4.48. The van der Waals surface area contributed by atoms with Gasteiger partial charge >= 0.3 is 0 Å². The van der Waals surface area contributed by atoms with Gasteiger partial charge in [-0.15, -0.1) is 0 Å². The highest BCUT2D eigenvalue weighted by atomic mass is 15.3. The van der Waals surface area contributed by atoms with Gasteiger partial charge in [0.15, 0.2) is 5.96 Å². The predicted octanol–water partition coefficient (Wildman–Crippen LogP) is 2.19. The van der Waals surface area contributed by atoms with Gasteiger partial charge < -0.3 is 10.6 Å². The Bertz CT molecular complexity index is 922. The van der Waals surface area contributed by atoms with Gasteiger partial charge in [-0.3, -0.25) is 14.4 Å². The highest BCUT2D eigenvalue weighted by molar-refractivity contribution is 5.79. The van der Waals surface area contributed by atoms with Crippen molar-refractivity contribution in [2.45, 2.75) is 33.4 Å². The van der Waals surface area contributed by atoms with Gasteiger partial charge in [0.2, 0.25) is 0 Å². The second-order valence-corrected chi connectivity index (χ2v) is 6.85. The fourth-order valence-corrected chi connectivity index (χ4v) is 3.34. The molecule has 0 fully saturated rings. The summed E-state index contributed by atoms with van der Waals surface area (Å²) in [7, 11) is 3.78. The number of aromatic nitrogens is 4. The fraction of sp³-hybridized carbons (Fsp3) is 0.381. The van der Waals surface area contributed by atoms with E-state index in [0.717, 1.165) is 31.2 Å². The van der Waals surface area contributed by atoms with E-state index in [2.05, 4.69) is 63.9 Å². The molecule has 0 unspecified atom stereocenters. The van der Waals surface area contributed by atoms with E-state index in [-0.39, 0.29) is 0 Å². The van der Waals surface area contributed by atoms with Crippen molar-refractivity contribution >= 4 is 5.96 Å². The van der Waals surface area contributed by atoms with E-state index in [1.807, 2.05) is 28.7 Å². The van der Waals surface area contributed by atoms with Gasteiger partial charge in [-0.25, -0.2) is 0 Å². The summed E-state index contributed by atoms with van der Waals surface area (Å²) in [5, 5.41) is 15.6. The van der Waals surface area contributed by atoms with Crippen LogP contribution in [-0.2, 0) is 26.6 Å². The van der Waals surface area contributed by atoms with E-state index in [9.17, 15) is 0 Å². The first-order chi connectivity index (χ1) is 13.6. The van der Waals surface area contributed by atoms with E-state index in [0.29, 0.717) is 6.54 Å². The van der Waals surface area contributed by atoms with E-state index in [1.54, 1.807) is 13.2 Å². The monoisotopic (exact) mass is 379 g/mol. The van der Waals surface area contributed by atoms with Gasteiger partial charge in [0.05, 0.1) is 12.2 Å². The molecule has 148 valence electrons. The molecule has 0 atom stereocenters. The number of benzene rings is 1. The summed E-state index contributed by atoms with van der Waals surface area (Å²) in [6.45, 7) is 6.45. The maximum atomic E-state index is 4.48. The topological polar surface area (TPSA) is 72.1 Å². The van der Waals surface area contributed by atoms with Crippen LogP contribution in [-0.4, -0.2) is 39.1 Å². The van der Waals surface area contributed by atoms with Crippen LogP contribution in [0.25, 0.3) is 0 Å². The van der Waals surface area contributed by atoms with Crippen molar-refractivity contribution in [3.8, 4) is 0 Å². The van der Waals surface area contributed by atoms with Crippen LogP contribution >= 0.6 is 0 Å². The minimum atomic E-state index is 0.710. The summed E-state index contributed by atoms with van der Waals surface area (Å²) in [4.78, 5) is 4.35. The molecule has 1 aromatic carbocycles. The van der Waals surface area contributed by atoms with Gasteiger partial charge in [0.1, 0.15) is 0 Å². The standard InChI is InChI=1S/C21H29N7/c1-16-20(17(2)27(4)26-16)10-12-23-21(22-3)24-14-18-8-5-6-9-19(18)15-28-13-7-11-25-28/h5-9,11,13H,10,12,14-15H2,1-4H3,(H2,22,23,24). The first-order valence-corrected chi connectivity index (χ1v) is 9.56. The molecule has 3 rings (SSSR count). The van der Waals surface area contributed by atoms with Crippen molar-refractivity contribution in [3.05, 3.63) is 70.8 Å². The summed E-state index contributed by atoms with van der Waals surface area (Å²) >= 11 is 0. The molecule has 0 saturated carbocycles. The molecular formula is C21H29N7. The Hall–Kier alpha value is -3.09. The number of aryl methyl sites for hydroxylation is 2. The Balaban J connectivity index is 1.54. The van der Waals surface area contributed by atoms with E-state index >= 15 is 0 Å². The Morgan fingerprint density at radius 1 is 1.11 bits per heavy atom. The first-order valence-electron chi connectivity index (χ1n) is 9.56. The van der Waals surface area contributed by atoms with E-state index in [4.69, 9.17) is 0 Å². The van der Waals surface area contributed by atoms with Gasteiger partial charge in [-0.05, 0) is 43.0 Å². The van der Waals surface area contributed by atoms with Crippen LogP contribution in [0.1, 0.15) is 28.1 Å². The third-order valence-corrected chi connectivity index (χ3v) is 5.01. The average Bonchev–Trinajstić information content (AvgIpc) is 3.28. The van der Waals surface area contributed by atoms with Crippen molar-refractivity contribution in [1.29, 1.82) is 0 Å². The van der Waals surface area contributed by atoms with Crippen LogP contribution in [0.15, 0.2) is 47.7 Å². The molecule has 0 aliphatic rings. The molecule has 0 radical (unpaired) electrons. The van der Waals surface area contributed by atoms with Gasteiger partial charge in [0.25, 0.3) is 0 Å². The Labute approximate surface area is 166 Å². The van der Waals surface area contributed by atoms with E-state index < -0.39 is 0 Å². The smallest absolute Gasteiger partial charge is 0.191 e. The van der Waals surface area contributed by atoms with Crippen molar-refractivity contribution < 1.29 is 0 Å². The van der Waals surface area contributed by atoms with Crippen LogP contribution in [0.5, 0.6) is 0 Å². The largest absolute Gasteiger partial charge is 0.356 e. The zero-order valence-electron chi connectivity index (χ0n) is 17.1. The Morgan fingerprint density at radius 2 is 1.89 bits per heavy atom. The number of nitrogens with zero attached hydrogens (tertiary/aromatic N) is 5. The molecule has 2 aromatic heterocycles. The summed E-state index contributed by atoms with van der Waals surface area (Å²) in [6.07, 6.45) is 4.70. The lowest BCUT2D eigenvalue weighted by atomic mass is 10.1. The van der Waals surface area contributed by atoms with Crippen LogP contribution in [0, 0.1) is 13.8 Å². The number of rotatable bonds is 7. The van der Waals surface area contributed by atoms with Crippen LogP contribution in [0.2, 0.25) is 0 Å². The molecular weight excluding hydrogens is 350 g/mol. The normalized spacial score (nSPS) is 11.6. The highest BCUT2D eigenvalue weighted by Gasteiger charge is 2.09. The Morgan fingerprint density at radius 3 is 2.54 bits per heavy atom. The SMILES string of the molecule is CN=C(NCCc1c(C)nn(C)c1C)NCc1ccccc1Cn1cccn1. The van der Waals surface area contributed by atoms with Crippen molar-refractivity contribution in [2.24, 2.45) is 12.0 Å². The first kappa shape index (κ1) is 19.7. The third-order valence-electron chi connectivity index (χ3n) is 5.01. The minimum absolute atomic E-state index is 0.710. The number of hydrogen-bond donors (Lipinski definition) is 2. The second-order valence-electron chi connectivity index (χ2n) is 6.85. The fourth-order valence-electron chi connectivity index (χ4n) is 3.34. The lowest BCUT2D eigenvalue weighted by Gasteiger charge is -2.14. The molecule has 0 amide bonds. The van der Waals surface area contributed by atoms with Gasteiger partial charge in [0, 0.05) is 45.3 Å². The predicted molar refractivity (Wildman–Crippen MR) is 112 cm³/mol. The third kappa shape index (κ3) is 4.79. The summed E-state index contributed by atoms with van der Waals surface area (Å²) in [5.41, 5.74) is 6.10. The Kier molecular flexibility index (Phi) is 6.47. The maximum Gasteiger partial charge on any atom is 0.191 e. The zero-order chi connectivity index (χ0) is 19.9. The van der Waals surface area contributed by atoms with Crippen molar-refractivity contribution in [2.75, 3.05) is 13.6 Å². The quantitative estimate of drug-likeness (QED) is 0.488. The molecule has 7 nitrogen and oxygen atoms in total. The van der Waals surface area contributed by atoms with Crippen molar-refractivity contribution in [3.63, 3.8) is 0 Å². The zero-order valence-corrected chi connectivity index (χ0v) is 17.1. The molecule has 0 aliphatic carbocycles. The highest BCUT2D eigenvalue weighted by Crippen LogP contribution is 2.12. The summed E-state index contributed by atoms with van der Waals surface area (Å²) < 4.78 is 3.87. The molecule has 0 spiro atoms. The van der Waals surface area contributed by atoms with Crippen LogP contribution < -0.4 is 10.6 Å². The lowest BCUT2D eigenvalue weighted by molar-refractivity contribution is 0.677. The molecule has 0 saturated heterocycles. The number of hydrogen-bond acceptors (Lipinski definition) is 3. The van der Waals surface area contributed by atoms with Crippen molar-refractivity contribution in [1.82, 2.24) is 30.2 Å². The minimum Gasteiger partial charge on any atom is -0.356 e. The average molecular weight is 380 g/mol. The van der Waals surface area contributed by atoms with E-state index in [1.165, 1.54) is 22.4 Å². The number of guanidine groups is 1. The molecule has 28 heavy (non-hydrogen) atoms. The molecule has 0 bridgehead atoms. The summed E-state index contributed by atoms with van der Waals surface area (Å²) in [6, 6.07) is 10.4. The van der Waals surface area contributed by atoms with Gasteiger partial charge in [-0.1, -0.05) is 24.3 Å².